The van der Waals surface area contributed by atoms with E-state index >= 15 is 0 Å². The van der Waals surface area contributed by atoms with Crippen LogP contribution in [0.15, 0.2) is 0 Å². The molecule has 0 aromatic rings. The summed E-state index contributed by atoms with van der Waals surface area (Å²) in [6.45, 7) is 12.8. The third-order valence-electron chi connectivity index (χ3n) is 5.32. The summed E-state index contributed by atoms with van der Waals surface area (Å²) in [4.78, 5) is 50.2. The fourth-order valence-corrected chi connectivity index (χ4v) is 3.39. The van der Waals surface area contributed by atoms with Crippen LogP contribution in [0.1, 0.15) is 73.6 Å². The average molecular weight is 410 g/mol. The molecule has 2 atom stereocenters. The van der Waals surface area contributed by atoms with E-state index < -0.39 is 6.04 Å². The van der Waals surface area contributed by atoms with Gasteiger partial charge in [0.1, 0.15) is 6.04 Å². The van der Waals surface area contributed by atoms with Crippen molar-refractivity contribution in [2.45, 2.75) is 79.7 Å². The van der Waals surface area contributed by atoms with E-state index in [2.05, 4.69) is 10.6 Å². The molecule has 4 amide bonds. The monoisotopic (exact) mass is 409 g/mol. The molecule has 0 bridgehead atoms. The number of rotatable bonds is 12. The number of imide groups is 1. The molecular formula is C22H39N3O4. The molecule has 7 nitrogen and oxygen atoms in total. The Balaban J connectivity index is 2.33. The Hall–Kier alpha value is -1.92. The molecular weight excluding hydrogens is 370 g/mol. The number of hydrogen-bond donors (Lipinski definition) is 2. The van der Waals surface area contributed by atoms with Crippen molar-refractivity contribution >= 4 is 23.6 Å². The van der Waals surface area contributed by atoms with Crippen molar-refractivity contribution in [3.05, 3.63) is 0 Å². The van der Waals surface area contributed by atoms with Crippen LogP contribution in [0, 0.1) is 23.7 Å². The van der Waals surface area contributed by atoms with Crippen LogP contribution >= 0.6 is 0 Å². The van der Waals surface area contributed by atoms with Gasteiger partial charge in [-0.25, -0.2) is 0 Å². The highest BCUT2D eigenvalue weighted by Gasteiger charge is 2.39. The maximum atomic E-state index is 12.3. The minimum absolute atomic E-state index is 0.00667. The van der Waals surface area contributed by atoms with Crippen molar-refractivity contribution < 1.29 is 19.2 Å². The first kappa shape index (κ1) is 25.1. The molecule has 1 heterocycles. The molecule has 1 aliphatic heterocycles. The predicted molar refractivity (Wildman–Crippen MR) is 113 cm³/mol. The fraction of sp³-hybridized carbons (Fsp3) is 0.818. The van der Waals surface area contributed by atoms with Crippen molar-refractivity contribution in [1.29, 1.82) is 0 Å². The quantitative estimate of drug-likeness (QED) is 0.382. The summed E-state index contributed by atoms with van der Waals surface area (Å²) in [5, 5.41) is 5.71. The lowest BCUT2D eigenvalue weighted by atomic mass is 9.94. The van der Waals surface area contributed by atoms with E-state index in [4.69, 9.17) is 0 Å². The van der Waals surface area contributed by atoms with Crippen LogP contribution < -0.4 is 10.6 Å². The van der Waals surface area contributed by atoms with Crippen molar-refractivity contribution in [3.63, 3.8) is 0 Å². The summed E-state index contributed by atoms with van der Waals surface area (Å²) < 4.78 is 0. The molecule has 0 spiro atoms. The van der Waals surface area contributed by atoms with Gasteiger partial charge in [0.15, 0.2) is 0 Å². The number of likely N-dealkylation sites (tertiary alicyclic amines) is 1. The van der Waals surface area contributed by atoms with Gasteiger partial charge in [-0.2, -0.15) is 0 Å². The van der Waals surface area contributed by atoms with Gasteiger partial charge in [0.05, 0.1) is 0 Å². The average Bonchev–Trinajstić information content (AvgIpc) is 2.91. The summed E-state index contributed by atoms with van der Waals surface area (Å²) >= 11 is 0. The van der Waals surface area contributed by atoms with E-state index in [9.17, 15) is 19.2 Å². The molecule has 1 saturated heterocycles. The minimum atomic E-state index is -0.533. The zero-order chi connectivity index (χ0) is 22.1. The summed E-state index contributed by atoms with van der Waals surface area (Å²) in [6.07, 6.45) is 2.75. The summed E-state index contributed by atoms with van der Waals surface area (Å²) in [5.74, 6) is -0.0901. The van der Waals surface area contributed by atoms with Crippen LogP contribution in [0.4, 0.5) is 0 Å². The van der Waals surface area contributed by atoms with Gasteiger partial charge in [0.25, 0.3) is 0 Å². The lowest BCUT2D eigenvalue weighted by Gasteiger charge is -2.22. The van der Waals surface area contributed by atoms with Gasteiger partial charge in [-0.15, -0.1) is 0 Å². The Morgan fingerprint density at radius 1 is 1.03 bits per heavy atom. The second-order valence-corrected chi connectivity index (χ2v) is 9.18. The van der Waals surface area contributed by atoms with E-state index in [1.54, 1.807) is 0 Å². The molecule has 0 aromatic heterocycles. The summed E-state index contributed by atoms with van der Waals surface area (Å²) in [7, 11) is 0. The SMILES string of the molecule is CC(C)CNC(=O)C(NC(=O)CCCCCN1C(=O)CC(C(C)C)C1=O)C(C)C. The number of carbonyl (C=O) groups is 4. The lowest BCUT2D eigenvalue weighted by molar-refractivity contribution is -0.139. The van der Waals surface area contributed by atoms with E-state index in [0.717, 1.165) is 6.42 Å². The number of amides is 4. The van der Waals surface area contributed by atoms with Crippen LogP contribution in [-0.4, -0.2) is 47.7 Å². The molecule has 1 aliphatic rings. The molecule has 0 saturated carbocycles. The maximum absolute atomic E-state index is 12.3. The molecule has 0 aromatic carbocycles. The standard InChI is InChI=1S/C22H39N3O4/c1-14(2)13-23-21(28)20(16(5)6)24-18(26)10-8-7-9-11-25-19(27)12-17(15(3)4)22(25)29/h14-17,20H,7-13H2,1-6H3,(H,23,28)(H,24,26). The van der Waals surface area contributed by atoms with Gasteiger partial charge in [0, 0.05) is 31.8 Å². The largest absolute Gasteiger partial charge is 0.354 e. The molecule has 166 valence electrons. The maximum Gasteiger partial charge on any atom is 0.242 e. The topological polar surface area (TPSA) is 95.6 Å². The zero-order valence-electron chi connectivity index (χ0n) is 18.9. The van der Waals surface area contributed by atoms with Crippen LogP contribution in [0.25, 0.3) is 0 Å². The Bertz CT molecular complexity index is 587. The first-order chi connectivity index (χ1) is 13.5. The van der Waals surface area contributed by atoms with E-state index in [-0.39, 0.29) is 41.4 Å². The first-order valence-corrected chi connectivity index (χ1v) is 11.0. The highest BCUT2D eigenvalue weighted by atomic mass is 16.2. The van der Waals surface area contributed by atoms with Crippen LogP contribution in [-0.2, 0) is 19.2 Å². The zero-order valence-corrected chi connectivity index (χ0v) is 18.9. The van der Waals surface area contributed by atoms with Gasteiger partial charge < -0.3 is 10.6 Å². The minimum Gasteiger partial charge on any atom is -0.354 e. The van der Waals surface area contributed by atoms with Crippen molar-refractivity contribution in [2.75, 3.05) is 13.1 Å². The molecule has 0 aliphatic carbocycles. The van der Waals surface area contributed by atoms with Crippen LogP contribution in [0.3, 0.4) is 0 Å². The number of carbonyl (C=O) groups excluding carboxylic acids is 4. The second-order valence-electron chi connectivity index (χ2n) is 9.18. The summed E-state index contributed by atoms with van der Waals surface area (Å²) in [6, 6.07) is -0.533. The highest BCUT2D eigenvalue weighted by Crippen LogP contribution is 2.26. The molecule has 2 unspecified atom stereocenters. The molecule has 2 N–H and O–H groups in total. The third kappa shape index (κ3) is 8.15. The number of unbranched alkanes of at least 4 members (excludes halogenated alkanes) is 2. The highest BCUT2D eigenvalue weighted by molar-refractivity contribution is 6.03. The van der Waals surface area contributed by atoms with Crippen molar-refractivity contribution in [3.8, 4) is 0 Å². The van der Waals surface area contributed by atoms with Crippen molar-refractivity contribution in [2.24, 2.45) is 23.7 Å². The predicted octanol–water partition coefficient (Wildman–Crippen LogP) is 2.49. The van der Waals surface area contributed by atoms with Gasteiger partial charge >= 0.3 is 0 Å². The summed E-state index contributed by atoms with van der Waals surface area (Å²) in [5.41, 5.74) is 0. The normalized spacial score (nSPS) is 18.1. The van der Waals surface area contributed by atoms with Crippen LogP contribution in [0.2, 0.25) is 0 Å². The molecule has 7 heteroatoms. The van der Waals surface area contributed by atoms with E-state index in [1.807, 2.05) is 41.5 Å². The third-order valence-corrected chi connectivity index (χ3v) is 5.32. The van der Waals surface area contributed by atoms with Crippen molar-refractivity contribution in [1.82, 2.24) is 15.5 Å². The van der Waals surface area contributed by atoms with Gasteiger partial charge in [-0.1, -0.05) is 48.0 Å². The van der Waals surface area contributed by atoms with E-state index in [1.165, 1.54) is 4.90 Å². The molecule has 0 radical (unpaired) electrons. The smallest absolute Gasteiger partial charge is 0.242 e. The first-order valence-electron chi connectivity index (χ1n) is 11.0. The number of hydrogen-bond acceptors (Lipinski definition) is 4. The van der Waals surface area contributed by atoms with Crippen LogP contribution in [0.5, 0.6) is 0 Å². The molecule has 29 heavy (non-hydrogen) atoms. The lowest BCUT2D eigenvalue weighted by Crippen LogP contribution is -2.50. The van der Waals surface area contributed by atoms with E-state index in [0.29, 0.717) is 44.7 Å². The Labute approximate surface area is 175 Å². The number of nitrogens with one attached hydrogen (secondary N) is 2. The Morgan fingerprint density at radius 3 is 2.21 bits per heavy atom. The molecule has 1 rings (SSSR count). The Kier molecular flexibility index (Phi) is 10.3. The van der Waals surface area contributed by atoms with Gasteiger partial charge in [-0.3, -0.25) is 24.1 Å². The molecule has 1 fully saturated rings. The fourth-order valence-electron chi connectivity index (χ4n) is 3.39. The Morgan fingerprint density at radius 2 is 1.69 bits per heavy atom. The number of nitrogens with zero attached hydrogens (tertiary/aromatic N) is 1. The van der Waals surface area contributed by atoms with Gasteiger partial charge in [0.2, 0.25) is 23.6 Å². The second kappa shape index (κ2) is 11.9. The van der Waals surface area contributed by atoms with Gasteiger partial charge in [-0.05, 0) is 30.6 Å².